The smallest absolute Gasteiger partial charge is 0.225 e. The number of hydrogen-bond acceptors (Lipinski definition) is 19. The standard InChI is InChI=1S/C20H25N5O2.C11H15N5.C9H13NO2.C8H19N.C7H3Cl2N3/c1-4-5-10-22-19-18-16(7-6-11-21-18)24-20(25-19)23-13-14-8-9-15(26-2)12-17(14)27-3;1-2-3-6-14-10-9-8(5-4-7-13-9)15-11(12)16-10;1-11-8-4-3-7(6-10)9(5-8)12-2;1-6-9(7(2)3)8(4)5;8-6-5-4(2-1-3-10-5)11-7(9)12-6/h6-9,11-12H,4-5,10,13H2,1-3H3,(H2,22,23,24,25);4-5,7H,2-3,6H2,1H3,(H3,12,14,15,16);3-5H,6,10H2,1-2H3;7-8H,6H2,1-5H3;1-3H. The molecule has 0 bridgehead atoms. The molecule has 0 saturated heterocycles. The maximum atomic E-state index is 5.76. The first-order chi connectivity index (χ1) is 36.7. The molecule has 0 aliphatic carbocycles. The second kappa shape index (κ2) is 33.0. The minimum absolute atomic E-state index is 0.139. The SMILES string of the molecule is CCCCNc1nc(N)nc2cccnc12.CCCCNc1nc(NCc2ccc(OC)cc2OC)nc2cccnc12.CCN(C(C)C)C(C)C.COc1ccc(CN)c(OC)c1.Clc1nc(Cl)c2ncccc2n1. The number of hydrogen-bond donors (Lipinski definition) is 5. The first-order valence-corrected chi connectivity index (χ1v) is 26.0. The number of aromatic nitrogens is 9. The van der Waals surface area contributed by atoms with Gasteiger partial charge in [0.2, 0.25) is 17.2 Å². The number of nitrogen functional groups attached to an aromatic ring is 1. The summed E-state index contributed by atoms with van der Waals surface area (Å²) in [5, 5.41) is 10.3. The average molecular weight is 1080 g/mol. The first-order valence-electron chi connectivity index (χ1n) is 25.3. The van der Waals surface area contributed by atoms with Gasteiger partial charge in [0.05, 0.1) is 45.0 Å². The number of pyridine rings is 3. The summed E-state index contributed by atoms with van der Waals surface area (Å²) in [4.78, 5) is 40.3. The summed E-state index contributed by atoms with van der Waals surface area (Å²) in [5.41, 5.74) is 17.5. The molecule has 0 unspecified atom stereocenters. The molecule has 21 heteroatoms. The van der Waals surface area contributed by atoms with Crippen molar-refractivity contribution < 1.29 is 18.9 Å². The number of fused-ring (bicyclic) bond motifs is 3. The van der Waals surface area contributed by atoms with Crippen molar-refractivity contribution in [1.82, 2.24) is 49.8 Å². The highest BCUT2D eigenvalue weighted by atomic mass is 35.5. The van der Waals surface area contributed by atoms with Gasteiger partial charge in [0.25, 0.3) is 0 Å². The Morgan fingerprint density at radius 2 is 1.05 bits per heavy atom. The Kier molecular flexibility index (Phi) is 26.6. The Morgan fingerprint density at radius 1 is 0.566 bits per heavy atom. The molecule has 0 fully saturated rings. The van der Waals surface area contributed by atoms with E-state index in [1.165, 1.54) is 0 Å². The highest BCUT2D eigenvalue weighted by Gasteiger charge is 2.12. The maximum Gasteiger partial charge on any atom is 0.225 e. The summed E-state index contributed by atoms with van der Waals surface area (Å²) in [6.07, 6.45) is 9.54. The van der Waals surface area contributed by atoms with Crippen molar-refractivity contribution in [2.45, 2.75) is 99.3 Å². The molecule has 0 spiro atoms. The van der Waals surface area contributed by atoms with Crippen LogP contribution in [0.4, 0.5) is 23.5 Å². The predicted octanol–water partition coefficient (Wildman–Crippen LogP) is 11.3. The number of benzene rings is 2. The third-order valence-electron chi connectivity index (χ3n) is 11.3. The number of nitrogens with one attached hydrogen (secondary N) is 3. The molecule has 8 rings (SSSR count). The Balaban J connectivity index is 0.000000219. The van der Waals surface area contributed by atoms with Crippen molar-refractivity contribution in [2.24, 2.45) is 5.73 Å². The van der Waals surface area contributed by atoms with Gasteiger partial charge in [-0.1, -0.05) is 51.3 Å². The van der Waals surface area contributed by atoms with Crippen molar-refractivity contribution >= 4 is 79.8 Å². The summed E-state index contributed by atoms with van der Waals surface area (Å²) >= 11 is 11.4. The van der Waals surface area contributed by atoms with Crippen LogP contribution in [0.5, 0.6) is 23.0 Å². The van der Waals surface area contributed by atoms with E-state index in [2.05, 4.69) is 114 Å². The Bertz CT molecular complexity index is 2980. The molecule has 8 aromatic rings. The largest absolute Gasteiger partial charge is 0.497 e. The quantitative estimate of drug-likeness (QED) is 0.0287. The minimum Gasteiger partial charge on any atom is -0.497 e. The molecule has 0 saturated carbocycles. The number of anilines is 4. The van der Waals surface area contributed by atoms with Gasteiger partial charge in [0, 0.05) is 80.1 Å². The number of nitrogens with zero attached hydrogens (tertiary/aromatic N) is 10. The normalized spacial score (nSPS) is 10.6. The minimum atomic E-state index is 0.139. The van der Waals surface area contributed by atoms with Gasteiger partial charge >= 0.3 is 0 Å². The zero-order valence-electron chi connectivity index (χ0n) is 45.7. The van der Waals surface area contributed by atoms with Crippen LogP contribution in [0.3, 0.4) is 0 Å². The van der Waals surface area contributed by atoms with Crippen LogP contribution in [0.15, 0.2) is 91.4 Å². The average Bonchev–Trinajstić information content (AvgIpc) is 3.43. The van der Waals surface area contributed by atoms with Gasteiger partial charge in [-0.05, 0) is 113 Å². The lowest BCUT2D eigenvalue weighted by molar-refractivity contribution is 0.185. The molecule has 6 heterocycles. The van der Waals surface area contributed by atoms with Gasteiger partial charge < -0.3 is 46.4 Å². The van der Waals surface area contributed by atoms with Gasteiger partial charge in [0.1, 0.15) is 39.5 Å². The van der Waals surface area contributed by atoms with Crippen molar-refractivity contribution in [3.8, 4) is 23.0 Å². The lowest BCUT2D eigenvalue weighted by Gasteiger charge is -2.28. The van der Waals surface area contributed by atoms with E-state index in [1.807, 2.05) is 60.7 Å². The number of unbranched alkanes of at least 4 members (excludes halogenated alkanes) is 2. The fourth-order valence-electron chi connectivity index (χ4n) is 7.47. The van der Waals surface area contributed by atoms with Gasteiger partial charge in [-0.15, -0.1) is 0 Å². The molecule has 0 amide bonds. The second-order valence-corrected chi connectivity index (χ2v) is 17.9. The van der Waals surface area contributed by atoms with E-state index in [-0.39, 0.29) is 16.4 Å². The third-order valence-corrected chi connectivity index (χ3v) is 11.7. The van der Waals surface area contributed by atoms with E-state index in [0.717, 1.165) is 113 Å². The van der Waals surface area contributed by atoms with Crippen LogP contribution in [-0.2, 0) is 13.1 Å². The van der Waals surface area contributed by atoms with Gasteiger partial charge in [-0.25, -0.2) is 19.9 Å². The van der Waals surface area contributed by atoms with Crippen LogP contribution in [0.2, 0.25) is 10.4 Å². The van der Waals surface area contributed by atoms with E-state index in [4.69, 9.17) is 53.6 Å². The molecule has 76 heavy (non-hydrogen) atoms. The Morgan fingerprint density at radius 3 is 1.53 bits per heavy atom. The molecule has 0 atom stereocenters. The molecular formula is C55H75Cl2N15O4. The molecule has 0 aliphatic heterocycles. The molecule has 19 nitrogen and oxygen atoms in total. The van der Waals surface area contributed by atoms with E-state index in [1.54, 1.807) is 59.2 Å². The first kappa shape index (κ1) is 61.4. The topological polar surface area (TPSA) is 244 Å². The molecule has 6 aromatic heterocycles. The number of ether oxygens (including phenoxy) is 4. The number of nitrogens with two attached hydrogens (primary N) is 2. The Hall–Kier alpha value is -7.19. The van der Waals surface area contributed by atoms with Crippen LogP contribution in [0, 0.1) is 0 Å². The van der Waals surface area contributed by atoms with Gasteiger partial charge in [0.15, 0.2) is 16.8 Å². The lowest BCUT2D eigenvalue weighted by atomic mass is 10.2. The zero-order valence-corrected chi connectivity index (χ0v) is 47.2. The maximum absolute atomic E-state index is 5.76. The fraction of sp³-hybridized carbons (Fsp3) is 0.400. The summed E-state index contributed by atoms with van der Waals surface area (Å²) in [6.45, 7) is 19.4. The molecule has 0 radical (unpaired) electrons. The molecular weight excluding hydrogens is 1010 g/mol. The van der Waals surface area contributed by atoms with E-state index < -0.39 is 0 Å². The highest BCUT2D eigenvalue weighted by Crippen LogP contribution is 2.27. The van der Waals surface area contributed by atoms with E-state index >= 15 is 0 Å². The fourth-order valence-corrected chi connectivity index (χ4v) is 7.91. The highest BCUT2D eigenvalue weighted by molar-refractivity contribution is 6.35. The third kappa shape index (κ3) is 19.2. The lowest BCUT2D eigenvalue weighted by Crippen LogP contribution is -2.36. The predicted molar refractivity (Wildman–Crippen MR) is 310 cm³/mol. The molecule has 0 aliphatic rings. The second-order valence-electron chi connectivity index (χ2n) is 17.2. The summed E-state index contributed by atoms with van der Waals surface area (Å²) in [6, 6.07) is 23.8. The summed E-state index contributed by atoms with van der Waals surface area (Å²) < 4.78 is 20.9. The van der Waals surface area contributed by atoms with Crippen molar-refractivity contribution in [1.29, 1.82) is 0 Å². The van der Waals surface area contributed by atoms with Crippen molar-refractivity contribution in [2.75, 3.05) is 69.8 Å². The number of rotatable bonds is 19. The van der Waals surface area contributed by atoms with E-state index in [9.17, 15) is 0 Å². The van der Waals surface area contributed by atoms with Crippen LogP contribution in [0.1, 0.15) is 85.3 Å². The van der Waals surface area contributed by atoms with Crippen LogP contribution >= 0.6 is 23.2 Å². The van der Waals surface area contributed by atoms with Gasteiger partial charge in [-0.2, -0.15) is 9.97 Å². The monoisotopic (exact) mass is 1080 g/mol. The summed E-state index contributed by atoms with van der Waals surface area (Å²) in [5.74, 6) is 5.36. The van der Waals surface area contributed by atoms with Gasteiger partial charge in [-0.3, -0.25) is 19.9 Å². The van der Waals surface area contributed by atoms with E-state index in [0.29, 0.717) is 42.2 Å². The molecule has 2 aromatic carbocycles. The van der Waals surface area contributed by atoms with Crippen LogP contribution in [-0.4, -0.2) is 110 Å². The van der Waals surface area contributed by atoms with Crippen LogP contribution < -0.4 is 46.4 Å². The molecule has 7 N–H and O–H groups in total. The zero-order chi connectivity index (χ0) is 55.4. The van der Waals surface area contributed by atoms with Crippen molar-refractivity contribution in [3.05, 3.63) is 113 Å². The van der Waals surface area contributed by atoms with Crippen molar-refractivity contribution in [3.63, 3.8) is 0 Å². The number of methoxy groups -OCH3 is 4. The van der Waals surface area contributed by atoms with Crippen LogP contribution in [0.25, 0.3) is 33.1 Å². The Labute approximate surface area is 457 Å². The number of halogens is 2. The molecule has 408 valence electrons. The summed E-state index contributed by atoms with van der Waals surface area (Å²) in [7, 11) is 6.52.